The third-order valence-electron chi connectivity index (χ3n) is 1.98. The summed E-state index contributed by atoms with van der Waals surface area (Å²) in [6.45, 7) is 1.96. The van der Waals surface area contributed by atoms with Crippen LogP contribution in [0.4, 0.5) is 0 Å². The van der Waals surface area contributed by atoms with Crippen LogP contribution in [0.1, 0.15) is 39.0 Å². The minimum Gasteiger partial charge on any atom is -0.352 e. The summed E-state index contributed by atoms with van der Waals surface area (Å²) >= 11 is 5.49. The first-order valence-corrected chi connectivity index (χ1v) is 5.50. The molecule has 0 aromatic heterocycles. The Morgan fingerprint density at radius 1 is 1.57 bits per heavy atom. The number of amides is 1. The molecule has 0 fully saturated rings. The van der Waals surface area contributed by atoms with E-state index in [1.165, 1.54) is 0 Å². The molecule has 0 rings (SSSR count). The van der Waals surface area contributed by atoms with Gasteiger partial charge in [0.2, 0.25) is 5.91 Å². The zero-order chi connectivity index (χ0) is 10.8. The van der Waals surface area contributed by atoms with Gasteiger partial charge in [-0.05, 0) is 19.3 Å². The molecule has 0 aliphatic rings. The largest absolute Gasteiger partial charge is 0.352 e. The predicted octanol–water partition coefficient (Wildman–Crippen LogP) is 2.20. The molecule has 0 aromatic rings. The van der Waals surface area contributed by atoms with Crippen LogP contribution in [-0.4, -0.2) is 17.8 Å². The lowest BCUT2D eigenvalue weighted by atomic mass is 10.1. The smallest absolute Gasteiger partial charge is 0.220 e. The Kier molecular flexibility index (Phi) is 8.36. The highest BCUT2D eigenvalue weighted by Crippen LogP contribution is 2.00. The Hall–Kier alpha value is -0.750. The number of alkyl halides is 1. The average molecular weight is 217 g/mol. The highest BCUT2D eigenvalue weighted by molar-refractivity contribution is 6.17. The Labute approximate surface area is 90.4 Å². The second-order valence-corrected chi connectivity index (χ2v) is 3.56. The van der Waals surface area contributed by atoms with E-state index in [1.807, 2.05) is 6.92 Å². The lowest BCUT2D eigenvalue weighted by Gasteiger charge is -2.12. The number of rotatable bonds is 7. The van der Waals surface area contributed by atoms with Crippen LogP contribution in [0.25, 0.3) is 0 Å². The number of hydrogen-bond acceptors (Lipinski definition) is 2. The second-order valence-electron chi connectivity index (χ2n) is 3.18. The van der Waals surface area contributed by atoms with Crippen LogP contribution in [0.3, 0.4) is 0 Å². The van der Waals surface area contributed by atoms with Gasteiger partial charge in [0.15, 0.2) is 0 Å². The standard InChI is InChI=1S/C10H17ClN2O/c1-2-9(6-8-12)13-10(14)5-3-4-7-11/h9H,2-7H2,1H3,(H,13,14). The molecule has 0 spiro atoms. The number of carbonyl (C=O) groups is 1. The first-order valence-electron chi connectivity index (χ1n) is 4.96. The van der Waals surface area contributed by atoms with E-state index in [4.69, 9.17) is 16.9 Å². The minimum absolute atomic E-state index is 0.00324. The van der Waals surface area contributed by atoms with Crippen molar-refractivity contribution in [3.63, 3.8) is 0 Å². The number of nitrogens with zero attached hydrogens (tertiary/aromatic N) is 1. The maximum atomic E-state index is 11.3. The summed E-state index contributed by atoms with van der Waals surface area (Å²) in [6.07, 6.45) is 3.38. The predicted molar refractivity (Wildman–Crippen MR) is 57.0 cm³/mol. The summed E-state index contributed by atoms with van der Waals surface area (Å²) in [4.78, 5) is 11.3. The van der Waals surface area contributed by atoms with Gasteiger partial charge < -0.3 is 5.32 Å². The Morgan fingerprint density at radius 2 is 2.29 bits per heavy atom. The summed E-state index contributed by atoms with van der Waals surface area (Å²) in [5, 5.41) is 11.3. The minimum atomic E-state index is 0.00324. The quantitative estimate of drug-likeness (QED) is 0.524. The molecule has 0 aliphatic heterocycles. The van der Waals surface area contributed by atoms with Crippen LogP contribution in [0.2, 0.25) is 0 Å². The van der Waals surface area contributed by atoms with Crippen molar-refractivity contribution in [2.45, 2.75) is 45.1 Å². The van der Waals surface area contributed by atoms with Crippen molar-refractivity contribution >= 4 is 17.5 Å². The van der Waals surface area contributed by atoms with Crippen LogP contribution in [0.15, 0.2) is 0 Å². The van der Waals surface area contributed by atoms with Gasteiger partial charge in [0.25, 0.3) is 0 Å². The van der Waals surface area contributed by atoms with Gasteiger partial charge in [0.05, 0.1) is 12.5 Å². The van der Waals surface area contributed by atoms with Crippen molar-refractivity contribution < 1.29 is 4.79 Å². The zero-order valence-electron chi connectivity index (χ0n) is 8.55. The Balaban J connectivity index is 3.63. The van der Waals surface area contributed by atoms with Crippen molar-refractivity contribution in [1.29, 1.82) is 5.26 Å². The lowest BCUT2D eigenvalue weighted by Crippen LogP contribution is -2.33. The molecule has 14 heavy (non-hydrogen) atoms. The van der Waals surface area contributed by atoms with E-state index in [-0.39, 0.29) is 11.9 Å². The van der Waals surface area contributed by atoms with Gasteiger partial charge in [0.1, 0.15) is 0 Å². The molecule has 0 saturated heterocycles. The molecule has 1 atom stereocenters. The van der Waals surface area contributed by atoms with Crippen LogP contribution < -0.4 is 5.32 Å². The number of halogens is 1. The summed E-state index contributed by atoms with van der Waals surface area (Å²) in [6, 6.07) is 2.06. The van der Waals surface area contributed by atoms with Gasteiger partial charge in [-0.3, -0.25) is 4.79 Å². The van der Waals surface area contributed by atoms with Crippen LogP contribution >= 0.6 is 11.6 Å². The van der Waals surface area contributed by atoms with Crippen LogP contribution in [0, 0.1) is 11.3 Å². The van der Waals surface area contributed by atoms with E-state index in [0.717, 1.165) is 19.3 Å². The van der Waals surface area contributed by atoms with Crippen molar-refractivity contribution in [2.24, 2.45) is 0 Å². The van der Waals surface area contributed by atoms with E-state index in [0.29, 0.717) is 18.7 Å². The molecule has 1 N–H and O–H groups in total. The Bertz CT molecular complexity index is 201. The number of nitriles is 1. The fourth-order valence-corrected chi connectivity index (χ4v) is 1.28. The second kappa shape index (κ2) is 8.83. The van der Waals surface area contributed by atoms with Gasteiger partial charge in [-0.25, -0.2) is 0 Å². The van der Waals surface area contributed by atoms with Crippen molar-refractivity contribution in [2.75, 3.05) is 5.88 Å². The lowest BCUT2D eigenvalue weighted by molar-refractivity contribution is -0.121. The van der Waals surface area contributed by atoms with E-state index in [1.54, 1.807) is 0 Å². The zero-order valence-corrected chi connectivity index (χ0v) is 9.31. The molecule has 0 bridgehead atoms. The molecule has 0 aliphatic carbocycles. The van der Waals surface area contributed by atoms with E-state index in [2.05, 4.69) is 11.4 Å². The first kappa shape index (κ1) is 13.2. The average Bonchev–Trinajstić information content (AvgIpc) is 2.17. The molecule has 1 amide bonds. The molecular weight excluding hydrogens is 200 g/mol. The van der Waals surface area contributed by atoms with Crippen LogP contribution in [0.5, 0.6) is 0 Å². The van der Waals surface area contributed by atoms with Crippen molar-refractivity contribution in [3.8, 4) is 6.07 Å². The van der Waals surface area contributed by atoms with Crippen LogP contribution in [-0.2, 0) is 4.79 Å². The normalized spacial score (nSPS) is 11.8. The van der Waals surface area contributed by atoms with E-state index >= 15 is 0 Å². The summed E-state index contributed by atoms with van der Waals surface area (Å²) in [5.74, 6) is 0.625. The fourth-order valence-electron chi connectivity index (χ4n) is 1.09. The van der Waals surface area contributed by atoms with Crippen molar-refractivity contribution in [3.05, 3.63) is 0 Å². The number of hydrogen-bond donors (Lipinski definition) is 1. The van der Waals surface area contributed by atoms with Gasteiger partial charge in [-0.1, -0.05) is 6.92 Å². The van der Waals surface area contributed by atoms with Gasteiger partial charge in [0, 0.05) is 18.3 Å². The highest BCUT2D eigenvalue weighted by atomic mass is 35.5. The summed E-state index contributed by atoms with van der Waals surface area (Å²) in [7, 11) is 0. The molecule has 4 heteroatoms. The van der Waals surface area contributed by atoms with Gasteiger partial charge in [-0.2, -0.15) is 5.26 Å². The number of unbranched alkanes of at least 4 members (excludes halogenated alkanes) is 1. The SMILES string of the molecule is CCC(CC#N)NC(=O)CCCCCl. The molecule has 0 radical (unpaired) electrons. The van der Waals surface area contributed by atoms with Gasteiger partial charge in [-0.15, -0.1) is 11.6 Å². The monoisotopic (exact) mass is 216 g/mol. The topological polar surface area (TPSA) is 52.9 Å². The van der Waals surface area contributed by atoms with E-state index < -0.39 is 0 Å². The van der Waals surface area contributed by atoms with Crippen molar-refractivity contribution in [1.82, 2.24) is 5.32 Å². The maximum Gasteiger partial charge on any atom is 0.220 e. The summed E-state index contributed by atoms with van der Waals surface area (Å²) in [5.41, 5.74) is 0. The molecule has 0 saturated carbocycles. The molecular formula is C10H17ClN2O. The number of carbonyl (C=O) groups excluding carboxylic acids is 1. The number of nitrogens with one attached hydrogen (secondary N) is 1. The molecule has 1 unspecified atom stereocenters. The van der Waals surface area contributed by atoms with E-state index in [9.17, 15) is 4.79 Å². The molecule has 0 aromatic carbocycles. The van der Waals surface area contributed by atoms with Gasteiger partial charge >= 0.3 is 0 Å². The first-order chi connectivity index (χ1) is 6.74. The molecule has 0 heterocycles. The third kappa shape index (κ3) is 6.73. The Morgan fingerprint density at radius 3 is 2.79 bits per heavy atom. The maximum absolute atomic E-state index is 11.3. The molecule has 80 valence electrons. The third-order valence-corrected chi connectivity index (χ3v) is 2.25. The molecule has 3 nitrogen and oxygen atoms in total. The highest BCUT2D eigenvalue weighted by Gasteiger charge is 2.08. The summed E-state index contributed by atoms with van der Waals surface area (Å²) < 4.78 is 0. The fraction of sp³-hybridized carbons (Fsp3) is 0.800.